The fourth-order valence-corrected chi connectivity index (χ4v) is 4.32. The summed E-state index contributed by atoms with van der Waals surface area (Å²) >= 11 is 1.13. The number of ketones is 1. The number of carbonyl (C=O) groups is 1. The molecule has 0 aliphatic heterocycles. The van der Waals surface area contributed by atoms with Crippen LogP contribution in [0.3, 0.4) is 0 Å². The van der Waals surface area contributed by atoms with E-state index < -0.39 is 17.0 Å². The number of hydrogen-bond acceptors (Lipinski definition) is 8. The van der Waals surface area contributed by atoms with Crippen LogP contribution in [0.25, 0.3) is 5.65 Å². The van der Waals surface area contributed by atoms with Gasteiger partial charge in [-0.1, -0.05) is 42.1 Å². The summed E-state index contributed by atoms with van der Waals surface area (Å²) in [5.74, 6) is -0.0554. The first kappa shape index (κ1) is 21.5. The highest BCUT2D eigenvalue weighted by Crippen LogP contribution is 2.20. The van der Waals surface area contributed by atoms with Gasteiger partial charge in [-0.3, -0.25) is 23.1 Å². The van der Waals surface area contributed by atoms with Crippen molar-refractivity contribution >= 4 is 29.0 Å². The molecule has 1 aromatic carbocycles. The van der Waals surface area contributed by atoms with Crippen LogP contribution >= 0.6 is 11.8 Å². The number of aryl methyl sites for hydroxylation is 2. The summed E-state index contributed by atoms with van der Waals surface area (Å²) in [4.78, 5) is 42.8. The summed E-state index contributed by atoms with van der Waals surface area (Å²) in [6.45, 7) is 3.83. The molecule has 0 spiro atoms. The quantitative estimate of drug-likeness (QED) is 0.342. The maximum Gasteiger partial charge on any atom is 0.332 e. The minimum absolute atomic E-state index is 0.100. The van der Waals surface area contributed by atoms with Crippen molar-refractivity contribution in [2.45, 2.75) is 25.5 Å². The Morgan fingerprint density at radius 3 is 2.56 bits per heavy atom. The van der Waals surface area contributed by atoms with Gasteiger partial charge in [0.2, 0.25) is 0 Å². The maximum absolute atomic E-state index is 13.0. The number of Topliss-reactive ketones (excluding diaryl/α,β-unsaturated/α-hetero) is 1. The number of carbonyl (C=O) groups excluding carboxylic acids is 1. The number of nitrogens with two attached hydrogens (primary N) is 1. The zero-order chi connectivity index (χ0) is 23.0. The Balaban J connectivity index is 1.67. The molecule has 0 amide bonds. The molecule has 2 N–H and O–H groups in total. The van der Waals surface area contributed by atoms with Gasteiger partial charge in [0.05, 0.1) is 12.3 Å². The van der Waals surface area contributed by atoms with Crippen LogP contribution in [0.15, 0.2) is 51.1 Å². The van der Waals surface area contributed by atoms with E-state index in [1.54, 1.807) is 10.5 Å². The molecule has 0 aliphatic rings. The van der Waals surface area contributed by atoms with E-state index in [1.165, 1.54) is 11.6 Å². The van der Waals surface area contributed by atoms with E-state index in [2.05, 4.69) is 15.2 Å². The van der Waals surface area contributed by atoms with Gasteiger partial charge in [0.15, 0.2) is 16.6 Å². The summed E-state index contributed by atoms with van der Waals surface area (Å²) in [7, 11) is 1.33. The minimum Gasteiger partial charge on any atom is -0.384 e. The van der Waals surface area contributed by atoms with E-state index in [0.29, 0.717) is 16.6 Å². The van der Waals surface area contributed by atoms with E-state index in [1.807, 2.05) is 44.2 Å². The molecule has 164 valence electrons. The number of thioether (sulfide) groups is 1. The van der Waals surface area contributed by atoms with Crippen LogP contribution in [0.4, 0.5) is 5.82 Å². The van der Waals surface area contributed by atoms with Crippen molar-refractivity contribution in [3.63, 3.8) is 0 Å². The lowest BCUT2D eigenvalue weighted by Crippen LogP contribution is -2.43. The fourth-order valence-electron chi connectivity index (χ4n) is 3.46. The number of nitrogen functional groups attached to an aromatic ring is 1. The van der Waals surface area contributed by atoms with E-state index in [9.17, 15) is 14.4 Å². The Labute approximate surface area is 186 Å². The molecule has 0 saturated carbocycles. The SMILES string of the molecule is Cc1cc2nnc(SCC(=O)c3c(N)n(Cc4ccccc4)c(=O)n(C)c3=O)n2c(C)n1. The Morgan fingerprint density at radius 1 is 1.12 bits per heavy atom. The van der Waals surface area contributed by atoms with Crippen LogP contribution < -0.4 is 17.0 Å². The van der Waals surface area contributed by atoms with Gasteiger partial charge in [-0.05, 0) is 19.4 Å². The Morgan fingerprint density at radius 2 is 1.84 bits per heavy atom. The van der Waals surface area contributed by atoms with Crippen LogP contribution in [-0.4, -0.2) is 40.3 Å². The highest BCUT2D eigenvalue weighted by Gasteiger charge is 2.22. The largest absolute Gasteiger partial charge is 0.384 e. The molecule has 3 aromatic heterocycles. The van der Waals surface area contributed by atoms with Gasteiger partial charge in [-0.2, -0.15) is 0 Å². The molecular weight excluding hydrogens is 430 g/mol. The summed E-state index contributed by atoms with van der Waals surface area (Å²) in [5, 5.41) is 8.72. The molecule has 0 radical (unpaired) electrons. The number of aromatic nitrogens is 6. The molecule has 0 atom stereocenters. The normalized spacial score (nSPS) is 11.2. The average molecular weight is 452 g/mol. The zero-order valence-corrected chi connectivity index (χ0v) is 18.6. The molecule has 4 rings (SSSR count). The molecule has 0 fully saturated rings. The maximum atomic E-state index is 13.0. The molecule has 0 bridgehead atoms. The molecular formula is C21H21N7O3S. The minimum atomic E-state index is -0.720. The van der Waals surface area contributed by atoms with Crippen molar-refractivity contribution < 1.29 is 4.79 Å². The van der Waals surface area contributed by atoms with Gasteiger partial charge in [0.1, 0.15) is 17.2 Å². The Bertz CT molecular complexity index is 1450. The van der Waals surface area contributed by atoms with Gasteiger partial charge in [-0.15, -0.1) is 10.2 Å². The number of nitrogens with zero attached hydrogens (tertiary/aromatic N) is 6. The molecule has 0 saturated heterocycles. The van der Waals surface area contributed by atoms with Crippen molar-refractivity contribution in [2.75, 3.05) is 11.5 Å². The standard InChI is InChI=1S/C21H21N7O3S/c1-12-9-16-24-25-20(28(16)13(2)23-12)32-11-15(29)17-18(22)27(21(31)26(3)19(17)30)10-14-7-5-4-6-8-14/h4-9H,10-11,22H2,1-3H3. The first-order chi connectivity index (χ1) is 15.3. The lowest BCUT2D eigenvalue weighted by atomic mass is 10.2. The smallest absolute Gasteiger partial charge is 0.332 e. The predicted molar refractivity (Wildman–Crippen MR) is 121 cm³/mol. The first-order valence-corrected chi connectivity index (χ1v) is 10.7. The molecule has 32 heavy (non-hydrogen) atoms. The van der Waals surface area contributed by atoms with Crippen molar-refractivity contribution in [3.8, 4) is 0 Å². The van der Waals surface area contributed by atoms with E-state index in [-0.39, 0.29) is 23.7 Å². The third kappa shape index (κ3) is 3.82. The summed E-state index contributed by atoms with van der Waals surface area (Å²) < 4.78 is 3.88. The lowest BCUT2D eigenvalue weighted by Gasteiger charge is -2.14. The molecule has 3 heterocycles. The van der Waals surface area contributed by atoms with Gasteiger partial charge >= 0.3 is 5.69 Å². The summed E-state index contributed by atoms with van der Waals surface area (Å²) in [6.07, 6.45) is 0. The van der Waals surface area contributed by atoms with Gasteiger partial charge in [0.25, 0.3) is 5.56 Å². The molecule has 10 nitrogen and oxygen atoms in total. The zero-order valence-electron chi connectivity index (χ0n) is 17.8. The van der Waals surface area contributed by atoms with Crippen molar-refractivity contribution in [1.29, 1.82) is 0 Å². The van der Waals surface area contributed by atoms with Crippen LogP contribution in [0, 0.1) is 13.8 Å². The number of fused-ring (bicyclic) bond motifs is 1. The average Bonchev–Trinajstić information content (AvgIpc) is 3.18. The van der Waals surface area contributed by atoms with E-state index in [0.717, 1.165) is 27.6 Å². The van der Waals surface area contributed by atoms with Gasteiger partial charge in [-0.25, -0.2) is 9.78 Å². The topological polar surface area (TPSA) is 130 Å². The van der Waals surface area contributed by atoms with Crippen molar-refractivity contribution in [1.82, 2.24) is 28.7 Å². The Hall–Kier alpha value is -3.73. The van der Waals surface area contributed by atoms with Crippen molar-refractivity contribution in [2.24, 2.45) is 7.05 Å². The molecule has 4 aromatic rings. The van der Waals surface area contributed by atoms with E-state index in [4.69, 9.17) is 5.73 Å². The lowest BCUT2D eigenvalue weighted by molar-refractivity contribution is 0.102. The predicted octanol–water partition coefficient (Wildman–Crippen LogP) is 1.21. The third-order valence-electron chi connectivity index (χ3n) is 5.04. The fraction of sp³-hybridized carbons (Fsp3) is 0.238. The van der Waals surface area contributed by atoms with E-state index >= 15 is 0 Å². The first-order valence-electron chi connectivity index (χ1n) is 9.76. The third-order valence-corrected chi connectivity index (χ3v) is 5.97. The number of rotatable bonds is 6. The molecule has 11 heteroatoms. The number of hydrogen-bond donors (Lipinski definition) is 1. The van der Waals surface area contributed by atoms with Gasteiger partial charge < -0.3 is 5.73 Å². The molecule has 0 unspecified atom stereocenters. The van der Waals surface area contributed by atoms with Crippen LogP contribution in [0.1, 0.15) is 27.4 Å². The summed E-state index contributed by atoms with van der Waals surface area (Å²) in [6, 6.07) is 11.0. The second-order valence-corrected chi connectivity index (χ2v) is 8.25. The van der Waals surface area contributed by atoms with Crippen LogP contribution in [0.2, 0.25) is 0 Å². The van der Waals surface area contributed by atoms with Crippen molar-refractivity contribution in [3.05, 3.63) is 79.9 Å². The van der Waals surface area contributed by atoms with Crippen LogP contribution in [-0.2, 0) is 13.6 Å². The second kappa shape index (κ2) is 8.42. The second-order valence-electron chi connectivity index (χ2n) is 7.31. The summed E-state index contributed by atoms with van der Waals surface area (Å²) in [5.41, 5.74) is 6.90. The van der Waals surface area contributed by atoms with Gasteiger partial charge in [0, 0.05) is 18.8 Å². The number of benzene rings is 1. The molecule has 0 aliphatic carbocycles. The number of anilines is 1. The Kier molecular flexibility index (Phi) is 5.66. The van der Waals surface area contributed by atoms with Crippen LogP contribution in [0.5, 0.6) is 0 Å². The highest BCUT2D eigenvalue weighted by molar-refractivity contribution is 7.99. The highest BCUT2D eigenvalue weighted by atomic mass is 32.2. The monoisotopic (exact) mass is 451 g/mol.